The lowest BCUT2D eigenvalue weighted by molar-refractivity contribution is -0.116. The van der Waals surface area contributed by atoms with Crippen LogP contribution in [0.15, 0.2) is 24.3 Å². The van der Waals surface area contributed by atoms with Crippen LogP contribution in [0.1, 0.15) is 51.4 Å². The molecule has 0 unspecified atom stereocenters. The minimum Gasteiger partial charge on any atom is -0.336 e. The summed E-state index contributed by atoms with van der Waals surface area (Å²) in [5.74, 6) is 0.912. The van der Waals surface area contributed by atoms with E-state index in [1.807, 2.05) is 24.3 Å². The summed E-state index contributed by atoms with van der Waals surface area (Å²) in [7, 11) is 0. The fourth-order valence-electron chi connectivity index (χ4n) is 3.69. The van der Waals surface area contributed by atoms with Crippen molar-refractivity contribution in [3.8, 4) is 0 Å². The van der Waals surface area contributed by atoms with Crippen molar-refractivity contribution in [1.29, 1.82) is 0 Å². The molecule has 0 radical (unpaired) electrons. The van der Waals surface area contributed by atoms with E-state index in [2.05, 4.69) is 10.6 Å². The Labute approximate surface area is 143 Å². The van der Waals surface area contributed by atoms with E-state index in [4.69, 9.17) is 0 Å². The molecule has 0 aromatic heterocycles. The van der Waals surface area contributed by atoms with Gasteiger partial charge in [-0.3, -0.25) is 9.69 Å². The Morgan fingerprint density at radius 3 is 2.58 bits per heavy atom. The molecule has 1 saturated carbocycles. The molecule has 1 aliphatic heterocycles. The van der Waals surface area contributed by atoms with Gasteiger partial charge in [-0.05, 0) is 43.0 Å². The summed E-state index contributed by atoms with van der Waals surface area (Å²) < 4.78 is 0. The lowest BCUT2D eigenvalue weighted by Crippen LogP contribution is -2.27. The van der Waals surface area contributed by atoms with Crippen molar-refractivity contribution >= 4 is 23.3 Å². The number of benzene rings is 1. The summed E-state index contributed by atoms with van der Waals surface area (Å²) in [6, 6.07) is 7.42. The molecule has 0 spiro atoms. The predicted molar refractivity (Wildman–Crippen MR) is 96.2 cm³/mol. The Morgan fingerprint density at radius 1 is 1.17 bits per heavy atom. The maximum absolute atomic E-state index is 12.1. The van der Waals surface area contributed by atoms with Crippen LogP contribution >= 0.6 is 0 Å². The van der Waals surface area contributed by atoms with Crippen LogP contribution in [0.5, 0.6) is 0 Å². The van der Waals surface area contributed by atoms with Gasteiger partial charge in [0.1, 0.15) is 0 Å². The van der Waals surface area contributed by atoms with Crippen molar-refractivity contribution in [3.05, 3.63) is 24.3 Å². The fourth-order valence-corrected chi connectivity index (χ4v) is 3.69. The molecule has 0 bridgehead atoms. The van der Waals surface area contributed by atoms with Gasteiger partial charge in [0.05, 0.1) is 0 Å². The number of carbonyl (C=O) groups excluding carboxylic acids is 2. The second kappa shape index (κ2) is 8.18. The number of nitrogens with zero attached hydrogens (tertiary/aromatic N) is 1. The maximum atomic E-state index is 12.1. The van der Waals surface area contributed by atoms with Crippen LogP contribution in [-0.2, 0) is 4.79 Å². The Balaban J connectivity index is 1.41. The number of carbonyl (C=O) groups is 2. The third-order valence-corrected chi connectivity index (χ3v) is 5.06. The highest BCUT2D eigenvalue weighted by Gasteiger charge is 2.20. The van der Waals surface area contributed by atoms with Gasteiger partial charge in [0.2, 0.25) is 5.91 Å². The standard InChI is InChI=1S/C19H27N3O2/c23-18(8-4-7-15-5-2-1-3-6-15)21-16-9-11-17(12-10-16)22-14-13-20-19(22)24/h9-12,15H,1-8,13-14H2,(H,20,24)(H,21,23). The molecule has 2 fully saturated rings. The topological polar surface area (TPSA) is 61.4 Å². The highest BCUT2D eigenvalue weighted by molar-refractivity contribution is 5.95. The molecular weight excluding hydrogens is 302 g/mol. The molecule has 0 atom stereocenters. The molecule has 5 heteroatoms. The van der Waals surface area contributed by atoms with Crippen LogP contribution in [-0.4, -0.2) is 25.0 Å². The summed E-state index contributed by atoms with van der Waals surface area (Å²) in [5, 5.41) is 5.73. The number of rotatable bonds is 6. The van der Waals surface area contributed by atoms with E-state index in [0.717, 1.165) is 23.7 Å². The SMILES string of the molecule is O=C(CCCC1CCCCC1)Nc1ccc(N2CCNC2=O)cc1. The average molecular weight is 329 g/mol. The molecule has 24 heavy (non-hydrogen) atoms. The molecule has 1 saturated heterocycles. The zero-order chi connectivity index (χ0) is 16.8. The van der Waals surface area contributed by atoms with E-state index in [-0.39, 0.29) is 11.9 Å². The van der Waals surface area contributed by atoms with Crippen LogP contribution in [0.25, 0.3) is 0 Å². The lowest BCUT2D eigenvalue weighted by Gasteiger charge is -2.21. The lowest BCUT2D eigenvalue weighted by atomic mass is 9.86. The number of anilines is 2. The van der Waals surface area contributed by atoms with E-state index < -0.39 is 0 Å². The van der Waals surface area contributed by atoms with E-state index in [1.165, 1.54) is 38.5 Å². The second-order valence-electron chi connectivity index (χ2n) is 6.87. The zero-order valence-electron chi connectivity index (χ0n) is 14.2. The third-order valence-electron chi connectivity index (χ3n) is 5.06. The van der Waals surface area contributed by atoms with E-state index in [0.29, 0.717) is 19.5 Å². The van der Waals surface area contributed by atoms with Crippen molar-refractivity contribution in [1.82, 2.24) is 5.32 Å². The van der Waals surface area contributed by atoms with Crippen molar-refractivity contribution in [2.24, 2.45) is 5.92 Å². The second-order valence-corrected chi connectivity index (χ2v) is 6.87. The summed E-state index contributed by atoms with van der Waals surface area (Å²) in [5.41, 5.74) is 1.65. The van der Waals surface area contributed by atoms with Crippen molar-refractivity contribution in [2.45, 2.75) is 51.4 Å². The molecule has 130 valence electrons. The highest BCUT2D eigenvalue weighted by atomic mass is 16.2. The molecule has 1 aromatic carbocycles. The Morgan fingerprint density at radius 2 is 1.92 bits per heavy atom. The van der Waals surface area contributed by atoms with Gasteiger partial charge < -0.3 is 10.6 Å². The summed E-state index contributed by atoms with van der Waals surface area (Å²) in [4.78, 5) is 25.4. The first-order valence-corrected chi connectivity index (χ1v) is 9.17. The monoisotopic (exact) mass is 329 g/mol. The number of nitrogens with one attached hydrogen (secondary N) is 2. The van der Waals surface area contributed by atoms with Crippen LogP contribution in [0.2, 0.25) is 0 Å². The highest BCUT2D eigenvalue weighted by Crippen LogP contribution is 2.27. The zero-order valence-corrected chi connectivity index (χ0v) is 14.2. The summed E-state index contributed by atoms with van der Waals surface area (Å²) in [6.07, 6.45) is 9.52. The smallest absolute Gasteiger partial charge is 0.321 e. The molecule has 2 N–H and O–H groups in total. The van der Waals surface area contributed by atoms with Crippen LogP contribution in [0.4, 0.5) is 16.2 Å². The van der Waals surface area contributed by atoms with Gasteiger partial charge in [-0.25, -0.2) is 4.79 Å². The van der Waals surface area contributed by atoms with Gasteiger partial charge in [0, 0.05) is 30.9 Å². The van der Waals surface area contributed by atoms with Gasteiger partial charge in [0.15, 0.2) is 0 Å². The van der Waals surface area contributed by atoms with Crippen molar-refractivity contribution in [2.75, 3.05) is 23.3 Å². The normalized spacial score (nSPS) is 18.5. The predicted octanol–water partition coefficient (Wildman–Crippen LogP) is 3.91. The summed E-state index contributed by atoms with van der Waals surface area (Å²) >= 11 is 0. The Kier molecular flexibility index (Phi) is 5.72. The van der Waals surface area contributed by atoms with E-state index >= 15 is 0 Å². The number of amides is 3. The first-order valence-electron chi connectivity index (χ1n) is 9.17. The van der Waals surface area contributed by atoms with Gasteiger partial charge in [-0.1, -0.05) is 32.1 Å². The minimum absolute atomic E-state index is 0.0606. The molecular formula is C19H27N3O2. The van der Waals surface area contributed by atoms with E-state index in [9.17, 15) is 9.59 Å². The first kappa shape index (κ1) is 16.8. The third kappa shape index (κ3) is 4.49. The minimum atomic E-state index is -0.0606. The van der Waals surface area contributed by atoms with Crippen LogP contribution < -0.4 is 15.5 Å². The average Bonchev–Trinajstić information content (AvgIpc) is 3.03. The van der Waals surface area contributed by atoms with Gasteiger partial charge >= 0.3 is 6.03 Å². The van der Waals surface area contributed by atoms with Crippen molar-refractivity contribution < 1.29 is 9.59 Å². The molecule has 3 amide bonds. The molecule has 1 aliphatic carbocycles. The van der Waals surface area contributed by atoms with E-state index in [1.54, 1.807) is 4.90 Å². The molecule has 5 nitrogen and oxygen atoms in total. The quantitative estimate of drug-likeness (QED) is 0.831. The molecule has 1 heterocycles. The largest absolute Gasteiger partial charge is 0.336 e. The van der Waals surface area contributed by atoms with Gasteiger partial charge in [0.25, 0.3) is 0 Å². The summed E-state index contributed by atoms with van der Waals surface area (Å²) in [6.45, 7) is 1.37. The van der Waals surface area contributed by atoms with Crippen LogP contribution in [0.3, 0.4) is 0 Å². The number of hydrogen-bond donors (Lipinski definition) is 2. The van der Waals surface area contributed by atoms with Gasteiger partial charge in [-0.15, -0.1) is 0 Å². The van der Waals surface area contributed by atoms with Crippen LogP contribution in [0, 0.1) is 5.92 Å². The molecule has 1 aromatic rings. The molecule has 2 aliphatic rings. The first-order chi connectivity index (χ1) is 11.7. The van der Waals surface area contributed by atoms with Crippen molar-refractivity contribution in [3.63, 3.8) is 0 Å². The Hall–Kier alpha value is -2.04. The van der Waals surface area contributed by atoms with Gasteiger partial charge in [-0.2, -0.15) is 0 Å². The number of urea groups is 1. The fraction of sp³-hybridized carbons (Fsp3) is 0.579. The maximum Gasteiger partial charge on any atom is 0.321 e. The number of hydrogen-bond acceptors (Lipinski definition) is 2. The Bertz CT molecular complexity index is 564. The molecule has 3 rings (SSSR count).